The van der Waals surface area contributed by atoms with Gasteiger partial charge in [0.05, 0.1) is 24.4 Å². The van der Waals surface area contributed by atoms with Crippen molar-refractivity contribution in [3.63, 3.8) is 0 Å². The lowest BCUT2D eigenvalue weighted by molar-refractivity contribution is -0.384. The fourth-order valence-corrected chi connectivity index (χ4v) is 2.18. The van der Waals surface area contributed by atoms with Crippen molar-refractivity contribution >= 4 is 24.0 Å². The Kier molecular flexibility index (Phi) is 3.40. The third-order valence-electron chi connectivity index (χ3n) is 2.20. The highest BCUT2D eigenvalue weighted by atomic mass is 32.2. The Morgan fingerprint density at radius 3 is 2.75 bits per heavy atom. The van der Waals surface area contributed by atoms with Gasteiger partial charge in [-0.1, -0.05) is 12.1 Å². The van der Waals surface area contributed by atoms with Crippen molar-refractivity contribution in [3.05, 3.63) is 39.9 Å². The van der Waals surface area contributed by atoms with Crippen molar-refractivity contribution in [2.24, 2.45) is 4.99 Å². The minimum Gasteiger partial charge on any atom is -0.305 e. The number of benzene rings is 1. The van der Waals surface area contributed by atoms with Crippen LogP contribution < -0.4 is 0 Å². The molecule has 1 aliphatic rings. The average Bonchev–Trinajstić information content (AvgIpc) is 2.80. The summed E-state index contributed by atoms with van der Waals surface area (Å²) in [4.78, 5) is 14.2. The summed E-state index contributed by atoms with van der Waals surface area (Å²) < 4.78 is 2.07. The molecule has 5 nitrogen and oxygen atoms in total. The molecule has 84 valence electrons. The molecule has 16 heavy (non-hydrogen) atoms. The van der Waals surface area contributed by atoms with Crippen LogP contribution in [0.25, 0.3) is 0 Å². The lowest BCUT2D eigenvalue weighted by atomic mass is 10.2. The summed E-state index contributed by atoms with van der Waals surface area (Å²) in [6, 6.07) is 6.65. The van der Waals surface area contributed by atoms with Crippen molar-refractivity contribution in [2.75, 3.05) is 13.1 Å². The van der Waals surface area contributed by atoms with E-state index in [2.05, 4.69) is 9.30 Å². The Bertz CT molecular complexity index is 405. The number of nitrogens with zero attached hydrogens (tertiary/aromatic N) is 3. The molecule has 1 heterocycles. The third kappa shape index (κ3) is 2.73. The van der Waals surface area contributed by atoms with Gasteiger partial charge in [-0.25, -0.2) is 0 Å². The normalized spacial score (nSPS) is 14.4. The molecule has 2 rings (SSSR count). The van der Waals surface area contributed by atoms with Gasteiger partial charge in [-0.2, -0.15) is 0 Å². The van der Waals surface area contributed by atoms with Gasteiger partial charge in [-0.15, -0.1) is 0 Å². The Morgan fingerprint density at radius 2 is 2.19 bits per heavy atom. The minimum absolute atomic E-state index is 0.136. The van der Waals surface area contributed by atoms with Crippen LogP contribution in [0, 0.1) is 10.1 Å². The molecule has 0 fully saturated rings. The van der Waals surface area contributed by atoms with Crippen LogP contribution in [-0.4, -0.2) is 28.7 Å². The van der Waals surface area contributed by atoms with Gasteiger partial charge in [-0.3, -0.25) is 15.1 Å². The number of nitro benzene ring substituents is 1. The smallest absolute Gasteiger partial charge is 0.269 e. The maximum Gasteiger partial charge on any atom is 0.269 e. The SMILES string of the molecule is O=[N+]([O-])c1ccc(CSN2C=NCC2)cc1. The quantitative estimate of drug-likeness (QED) is 0.457. The van der Waals surface area contributed by atoms with Crippen LogP contribution in [0.3, 0.4) is 0 Å². The second-order valence-corrected chi connectivity index (χ2v) is 4.38. The van der Waals surface area contributed by atoms with Gasteiger partial charge in [0.15, 0.2) is 0 Å². The first-order valence-electron chi connectivity index (χ1n) is 4.88. The van der Waals surface area contributed by atoms with Gasteiger partial charge in [0.1, 0.15) is 0 Å². The van der Waals surface area contributed by atoms with Gasteiger partial charge in [0.2, 0.25) is 0 Å². The van der Waals surface area contributed by atoms with E-state index < -0.39 is 0 Å². The highest BCUT2D eigenvalue weighted by Crippen LogP contribution is 2.19. The molecule has 0 radical (unpaired) electrons. The fourth-order valence-electron chi connectivity index (χ4n) is 1.33. The van der Waals surface area contributed by atoms with E-state index in [4.69, 9.17) is 0 Å². The molecule has 1 aliphatic heterocycles. The van der Waals surface area contributed by atoms with Crippen LogP contribution >= 0.6 is 11.9 Å². The number of nitro groups is 1. The van der Waals surface area contributed by atoms with Crippen LogP contribution in [-0.2, 0) is 5.75 Å². The van der Waals surface area contributed by atoms with E-state index in [0.717, 1.165) is 24.4 Å². The molecule has 0 unspecified atom stereocenters. The molecule has 0 N–H and O–H groups in total. The summed E-state index contributed by atoms with van der Waals surface area (Å²) in [6.45, 7) is 1.80. The zero-order valence-electron chi connectivity index (χ0n) is 8.57. The van der Waals surface area contributed by atoms with Crippen molar-refractivity contribution in [1.82, 2.24) is 4.31 Å². The van der Waals surface area contributed by atoms with Crippen molar-refractivity contribution in [1.29, 1.82) is 0 Å². The van der Waals surface area contributed by atoms with Gasteiger partial charge >= 0.3 is 0 Å². The number of non-ortho nitro benzene ring substituents is 1. The lowest BCUT2D eigenvalue weighted by Crippen LogP contribution is -2.10. The lowest BCUT2D eigenvalue weighted by Gasteiger charge is -2.11. The van der Waals surface area contributed by atoms with Crippen LogP contribution in [0.2, 0.25) is 0 Å². The van der Waals surface area contributed by atoms with Gasteiger partial charge in [-0.05, 0) is 17.5 Å². The van der Waals surface area contributed by atoms with E-state index in [1.165, 1.54) is 12.1 Å². The molecule has 6 heteroatoms. The highest BCUT2D eigenvalue weighted by Gasteiger charge is 2.07. The van der Waals surface area contributed by atoms with Crippen LogP contribution in [0.1, 0.15) is 5.56 Å². The summed E-state index contributed by atoms with van der Waals surface area (Å²) >= 11 is 1.67. The zero-order chi connectivity index (χ0) is 11.4. The first kappa shape index (κ1) is 10.9. The molecular formula is C10H11N3O2S. The summed E-state index contributed by atoms with van der Waals surface area (Å²) in [6.07, 6.45) is 1.83. The van der Waals surface area contributed by atoms with Crippen LogP contribution in [0.5, 0.6) is 0 Å². The number of aliphatic imine (C=N–C) groups is 1. The standard InChI is InChI=1S/C10H11N3O2S/c14-13(15)10-3-1-9(2-4-10)7-16-12-6-5-11-8-12/h1-4,8H,5-7H2. The van der Waals surface area contributed by atoms with Crippen molar-refractivity contribution in [2.45, 2.75) is 5.75 Å². The van der Waals surface area contributed by atoms with E-state index >= 15 is 0 Å². The van der Waals surface area contributed by atoms with Gasteiger partial charge < -0.3 is 4.31 Å². The van der Waals surface area contributed by atoms with Gasteiger partial charge in [0.25, 0.3) is 5.69 Å². The maximum atomic E-state index is 10.5. The summed E-state index contributed by atoms with van der Waals surface area (Å²) in [5.74, 6) is 0.810. The van der Waals surface area contributed by atoms with Gasteiger partial charge in [0, 0.05) is 17.9 Å². The van der Waals surface area contributed by atoms with Crippen LogP contribution in [0.4, 0.5) is 5.69 Å². The van der Waals surface area contributed by atoms with E-state index in [9.17, 15) is 10.1 Å². The fraction of sp³-hybridized carbons (Fsp3) is 0.300. The first-order valence-corrected chi connectivity index (χ1v) is 5.83. The average molecular weight is 237 g/mol. The van der Waals surface area contributed by atoms with E-state index in [0.29, 0.717) is 0 Å². The second-order valence-electron chi connectivity index (χ2n) is 3.36. The Morgan fingerprint density at radius 1 is 1.44 bits per heavy atom. The number of rotatable bonds is 4. The molecule has 1 aromatic rings. The molecule has 0 saturated carbocycles. The molecule has 1 aromatic carbocycles. The predicted molar refractivity (Wildman–Crippen MR) is 64.5 cm³/mol. The predicted octanol–water partition coefficient (Wildman–Crippen LogP) is 2.09. The summed E-state index contributed by atoms with van der Waals surface area (Å²) in [5.41, 5.74) is 1.22. The van der Waals surface area contributed by atoms with Crippen molar-refractivity contribution in [3.8, 4) is 0 Å². The monoisotopic (exact) mass is 237 g/mol. The summed E-state index contributed by atoms with van der Waals surface area (Å²) in [7, 11) is 0. The number of hydrogen-bond donors (Lipinski definition) is 0. The zero-order valence-corrected chi connectivity index (χ0v) is 9.39. The first-order chi connectivity index (χ1) is 7.75. The molecule has 0 amide bonds. The molecule has 0 atom stereocenters. The van der Waals surface area contributed by atoms with E-state index in [-0.39, 0.29) is 10.6 Å². The third-order valence-corrected chi connectivity index (χ3v) is 3.28. The molecule has 0 saturated heterocycles. The molecule has 0 aliphatic carbocycles. The minimum atomic E-state index is -0.385. The Hall–Kier alpha value is -1.56. The highest BCUT2D eigenvalue weighted by molar-refractivity contribution is 7.96. The molecular weight excluding hydrogens is 226 g/mol. The second kappa shape index (κ2) is 4.98. The van der Waals surface area contributed by atoms with Crippen LogP contribution in [0.15, 0.2) is 29.3 Å². The number of hydrogen-bond acceptors (Lipinski definition) is 5. The van der Waals surface area contributed by atoms with E-state index in [1.807, 2.05) is 6.34 Å². The topological polar surface area (TPSA) is 58.7 Å². The largest absolute Gasteiger partial charge is 0.305 e. The van der Waals surface area contributed by atoms with E-state index in [1.54, 1.807) is 24.1 Å². The van der Waals surface area contributed by atoms with Crippen molar-refractivity contribution < 1.29 is 4.92 Å². The maximum absolute atomic E-state index is 10.5. The molecule has 0 aromatic heterocycles. The Balaban J connectivity index is 1.89. The summed E-state index contributed by atoms with van der Waals surface area (Å²) in [5, 5.41) is 10.5. The molecule has 0 bridgehead atoms. The Labute approximate surface area is 97.5 Å². The molecule has 0 spiro atoms.